The lowest BCUT2D eigenvalue weighted by Gasteiger charge is -2.28. The fraction of sp³-hybridized carbons (Fsp3) is 0.286. The summed E-state index contributed by atoms with van der Waals surface area (Å²) in [7, 11) is 0. The highest BCUT2D eigenvalue weighted by Crippen LogP contribution is 2.19. The Kier molecular flexibility index (Phi) is 6.73. The van der Waals surface area contributed by atoms with Gasteiger partial charge < -0.3 is 25.0 Å². The summed E-state index contributed by atoms with van der Waals surface area (Å²) in [4.78, 5) is 23.1. The van der Waals surface area contributed by atoms with Gasteiger partial charge >= 0.3 is 6.03 Å². The second-order valence-electron chi connectivity index (χ2n) is 6.73. The SMILES string of the molecule is O=C(NCc1ccnc(N2CCOCC2)c1)Nc1cccc(OCc2cscn2)c1. The van der Waals surface area contributed by atoms with Crippen molar-refractivity contribution in [1.82, 2.24) is 15.3 Å². The standard InChI is InChI=1S/C21H23N5O3S/c27-21(23-12-16-4-5-22-20(10-16)26-6-8-28-9-7-26)25-17-2-1-3-19(11-17)29-13-18-14-30-15-24-18/h1-5,10-11,14-15H,6-9,12-13H2,(H2,23,25,27). The molecule has 0 bridgehead atoms. The van der Waals surface area contributed by atoms with Gasteiger partial charge in [-0.25, -0.2) is 14.8 Å². The molecule has 1 fully saturated rings. The largest absolute Gasteiger partial charge is 0.487 e. The van der Waals surface area contributed by atoms with E-state index in [-0.39, 0.29) is 6.03 Å². The van der Waals surface area contributed by atoms with Crippen molar-refractivity contribution >= 4 is 28.9 Å². The van der Waals surface area contributed by atoms with Crippen LogP contribution in [0.15, 0.2) is 53.5 Å². The monoisotopic (exact) mass is 425 g/mol. The maximum absolute atomic E-state index is 12.3. The summed E-state index contributed by atoms with van der Waals surface area (Å²) in [6.45, 7) is 3.87. The maximum atomic E-state index is 12.3. The molecule has 2 N–H and O–H groups in total. The molecular weight excluding hydrogens is 402 g/mol. The summed E-state index contributed by atoms with van der Waals surface area (Å²) in [5.74, 6) is 1.58. The zero-order valence-corrected chi connectivity index (χ0v) is 17.2. The lowest BCUT2D eigenvalue weighted by molar-refractivity contribution is 0.122. The summed E-state index contributed by atoms with van der Waals surface area (Å²) in [6.07, 6.45) is 1.77. The van der Waals surface area contributed by atoms with E-state index in [2.05, 4.69) is 25.5 Å². The molecule has 0 saturated carbocycles. The van der Waals surface area contributed by atoms with Crippen molar-refractivity contribution in [2.45, 2.75) is 13.2 Å². The number of benzene rings is 1. The minimum Gasteiger partial charge on any atom is -0.487 e. The first kappa shape index (κ1) is 20.1. The smallest absolute Gasteiger partial charge is 0.319 e. The van der Waals surface area contributed by atoms with Crippen molar-refractivity contribution in [3.05, 3.63) is 64.7 Å². The lowest BCUT2D eigenvalue weighted by Crippen LogP contribution is -2.36. The summed E-state index contributed by atoms with van der Waals surface area (Å²) in [5, 5.41) is 7.66. The number of morpholine rings is 1. The fourth-order valence-electron chi connectivity index (χ4n) is 3.02. The zero-order valence-electron chi connectivity index (χ0n) is 16.4. The van der Waals surface area contributed by atoms with E-state index in [0.717, 1.165) is 30.2 Å². The van der Waals surface area contributed by atoms with Crippen LogP contribution in [-0.2, 0) is 17.9 Å². The van der Waals surface area contributed by atoms with E-state index in [1.54, 1.807) is 17.8 Å². The molecule has 0 unspecified atom stereocenters. The molecule has 4 rings (SSSR count). The molecule has 0 aliphatic carbocycles. The van der Waals surface area contributed by atoms with Gasteiger partial charge in [-0.05, 0) is 29.8 Å². The number of nitrogens with zero attached hydrogens (tertiary/aromatic N) is 3. The molecule has 8 nitrogen and oxygen atoms in total. The van der Waals surface area contributed by atoms with Crippen LogP contribution in [0.25, 0.3) is 0 Å². The van der Waals surface area contributed by atoms with Gasteiger partial charge in [-0.2, -0.15) is 0 Å². The van der Waals surface area contributed by atoms with Crippen LogP contribution < -0.4 is 20.3 Å². The Morgan fingerprint density at radius 1 is 1.20 bits per heavy atom. The number of urea groups is 1. The van der Waals surface area contributed by atoms with Crippen molar-refractivity contribution in [2.75, 3.05) is 36.5 Å². The summed E-state index contributed by atoms with van der Waals surface area (Å²) < 4.78 is 11.1. The molecule has 2 aromatic heterocycles. The fourth-order valence-corrected chi connectivity index (χ4v) is 3.57. The molecule has 30 heavy (non-hydrogen) atoms. The van der Waals surface area contributed by atoms with Gasteiger partial charge in [0.15, 0.2) is 0 Å². The average Bonchev–Trinajstić information content (AvgIpc) is 3.31. The summed E-state index contributed by atoms with van der Waals surface area (Å²) >= 11 is 1.53. The van der Waals surface area contributed by atoms with Crippen molar-refractivity contribution in [1.29, 1.82) is 0 Å². The number of thiazole rings is 1. The summed E-state index contributed by atoms with van der Waals surface area (Å²) in [6, 6.07) is 10.9. The molecule has 3 aromatic rings. The van der Waals surface area contributed by atoms with Crippen molar-refractivity contribution in [3.63, 3.8) is 0 Å². The molecule has 1 aliphatic rings. The predicted octanol–water partition coefficient (Wildman–Crippen LogP) is 3.28. The van der Waals surface area contributed by atoms with E-state index in [9.17, 15) is 4.79 Å². The molecule has 3 heterocycles. The van der Waals surface area contributed by atoms with Gasteiger partial charge in [-0.3, -0.25) is 0 Å². The second kappa shape index (κ2) is 10.0. The number of rotatable bonds is 7. The molecular formula is C21H23N5O3S. The highest BCUT2D eigenvalue weighted by atomic mass is 32.1. The van der Waals surface area contributed by atoms with E-state index in [1.807, 2.05) is 35.7 Å². The Labute approximate surface area is 178 Å². The number of anilines is 2. The number of pyridine rings is 1. The number of hydrogen-bond donors (Lipinski definition) is 2. The summed E-state index contributed by atoms with van der Waals surface area (Å²) in [5.41, 5.74) is 4.30. The van der Waals surface area contributed by atoms with Gasteiger partial charge in [0.25, 0.3) is 0 Å². The van der Waals surface area contributed by atoms with Crippen LogP contribution >= 0.6 is 11.3 Å². The minimum atomic E-state index is -0.281. The second-order valence-corrected chi connectivity index (χ2v) is 7.44. The minimum absolute atomic E-state index is 0.281. The Hall–Kier alpha value is -3.17. The first-order valence-electron chi connectivity index (χ1n) is 9.69. The molecule has 2 amide bonds. The quantitative estimate of drug-likeness (QED) is 0.604. The molecule has 1 saturated heterocycles. The Bertz CT molecular complexity index is 961. The van der Waals surface area contributed by atoms with E-state index < -0.39 is 0 Å². The number of hydrogen-bond acceptors (Lipinski definition) is 7. The third kappa shape index (κ3) is 5.68. The molecule has 1 aliphatic heterocycles. The molecule has 9 heteroatoms. The maximum Gasteiger partial charge on any atom is 0.319 e. The van der Waals surface area contributed by atoms with Gasteiger partial charge in [0.05, 0.1) is 24.4 Å². The topological polar surface area (TPSA) is 88.6 Å². The molecule has 0 spiro atoms. The van der Waals surface area contributed by atoms with E-state index in [0.29, 0.717) is 37.8 Å². The number of nitrogens with one attached hydrogen (secondary N) is 2. The highest BCUT2D eigenvalue weighted by molar-refractivity contribution is 7.07. The Balaban J connectivity index is 1.28. The van der Waals surface area contributed by atoms with Crippen LogP contribution in [-0.4, -0.2) is 42.3 Å². The molecule has 0 radical (unpaired) electrons. The van der Waals surface area contributed by atoms with E-state index >= 15 is 0 Å². The van der Waals surface area contributed by atoms with Crippen LogP contribution in [0.4, 0.5) is 16.3 Å². The Morgan fingerprint density at radius 3 is 2.93 bits per heavy atom. The molecule has 0 atom stereocenters. The average molecular weight is 426 g/mol. The first-order valence-corrected chi connectivity index (χ1v) is 10.6. The van der Waals surface area contributed by atoms with Crippen LogP contribution in [0.3, 0.4) is 0 Å². The number of carbonyl (C=O) groups is 1. The van der Waals surface area contributed by atoms with E-state index in [1.165, 1.54) is 11.3 Å². The highest BCUT2D eigenvalue weighted by Gasteiger charge is 2.12. The van der Waals surface area contributed by atoms with Gasteiger partial charge in [-0.1, -0.05) is 6.07 Å². The van der Waals surface area contributed by atoms with Crippen molar-refractivity contribution < 1.29 is 14.3 Å². The number of carbonyl (C=O) groups excluding carboxylic acids is 1. The predicted molar refractivity (Wildman–Crippen MR) is 116 cm³/mol. The molecule has 1 aromatic carbocycles. The van der Waals surface area contributed by atoms with Gasteiger partial charge in [0, 0.05) is 43.0 Å². The van der Waals surface area contributed by atoms with Gasteiger partial charge in [0.2, 0.25) is 0 Å². The number of aromatic nitrogens is 2. The number of ether oxygens (including phenoxy) is 2. The van der Waals surface area contributed by atoms with Crippen LogP contribution in [0.1, 0.15) is 11.3 Å². The lowest BCUT2D eigenvalue weighted by atomic mass is 10.2. The first-order chi connectivity index (χ1) is 14.8. The van der Waals surface area contributed by atoms with Crippen molar-refractivity contribution in [3.8, 4) is 5.75 Å². The third-order valence-corrected chi connectivity index (χ3v) is 5.20. The van der Waals surface area contributed by atoms with Gasteiger partial charge in [0.1, 0.15) is 18.2 Å². The third-order valence-electron chi connectivity index (χ3n) is 4.56. The Morgan fingerprint density at radius 2 is 2.10 bits per heavy atom. The van der Waals surface area contributed by atoms with E-state index in [4.69, 9.17) is 9.47 Å². The van der Waals surface area contributed by atoms with Crippen molar-refractivity contribution in [2.24, 2.45) is 0 Å². The van der Waals surface area contributed by atoms with Crippen LogP contribution in [0.5, 0.6) is 5.75 Å². The zero-order chi connectivity index (χ0) is 20.6. The number of amides is 2. The van der Waals surface area contributed by atoms with Crippen LogP contribution in [0.2, 0.25) is 0 Å². The normalized spacial score (nSPS) is 13.7. The molecule has 156 valence electrons. The van der Waals surface area contributed by atoms with Crippen LogP contribution in [0, 0.1) is 0 Å². The van der Waals surface area contributed by atoms with Gasteiger partial charge in [-0.15, -0.1) is 11.3 Å².